The van der Waals surface area contributed by atoms with Gasteiger partial charge in [-0.1, -0.05) is 20.8 Å². The van der Waals surface area contributed by atoms with Crippen molar-refractivity contribution in [2.24, 2.45) is 15.8 Å². The predicted molar refractivity (Wildman–Crippen MR) is 99.5 cm³/mol. The van der Waals surface area contributed by atoms with E-state index in [4.69, 9.17) is 9.73 Å². The van der Waals surface area contributed by atoms with Crippen molar-refractivity contribution in [3.63, 3.8) is 0 Å². The molecule has 2 N–H and O–H groups in total. The fourth-order valence-electron chi connectivity index (χ4n) is 2.87. The lowest BCUT2D eigenvalue weighted by molar-refractivity contribution is -0.0945. The summed E-state index contributed by atoms with van der Waals surface area (Å²) in [6, 6.07) is 0.575. The molecule has 1 aliphatic carbocycles. The van der Waals surface area contributed by atoms with E-state index in [1.807, 2.05) is 0 Å². The Labute approximate surface area is 146 Å². The lowest BCUT2D eigenvalue weighted by atomic mass is 9.75. The number of halogens is 1. The van der Waals surface area contributed by atoms with Crippen LogP contribution in [0, 0.1) is 10.8 Å². The first-order chi connectivity index (χ1) is 9.42. The van der Waals surface area contributed by atoms with E-state index < -0.39 is 0 Å². The third-order valence-corrected chi connectivity index (χ3v) is 4.54. The molecular formula is C16H32IN3O. The summed E-state index contributed by atoms with van der Waals surface area (Å²) in [6.45, 7) is 12.6. The van der Waals surface area contributed by atoms with Crippen LogP contribution in [0.3, 0.4) is 0 Å². The Hall–Kier alpha value is -0.0400. The van der Waals surface area contributed by atoms with Crippen LogP contribution in [0.4, 0.5) is 0 Å². The Bertz CT molecular complexity index is 343. The van der Waals surface area contributed by atoms with Gasteiger partial charge in [-0.3, -0.25) is 4.99 Å². The van der Waals surface area contributed by atoms with Gasteiger partial charge in [-0.25, -0.2) is 0 Å². The number of hydrogen-bond acceptors (Lipinski definition) is 2. The third-order valence-electron chi connectivity index (χ3n) is 4.54. The molecule has 21 heavy (non-hydrogen) atoms. The molecule has 1 saturated carbocycles. The number of nitrogens with zero attached hydrogens (tertiary/aromatic N) is 1. The van der Waals surface area contributed by atoms with E-state index in [1.165, 1.54) is 25.7 Å². The number of rotatable bonds is 4. The first kappa shape index (κ1) is 19.0. The molecule has 2 aliphatic rings. The molecule has 0 radical (unpaired) electrons. The summed E-state index contributed by atoms with van der Waals surface area (Å²) in [5.41, 5.74) is 0.765. The molecule has 0 amide bonds. The van der Waals surface area contributed by atoms with Crippen molar-refractivity contribution >= 4 is 29.9 Å². The Morgan fingerprint density at radius 1 is 1.19 bits per heavy atom. The predicted octanol–water partition coefficient (Wildman–Crippen LogP) is 3.16. The van der Waals surface area contributed by atoms with E-state index >= 15 is 0 Å². The fourth-order valence-corrected chi connectivity index (χ4v) is 2.87. The van der Waals surface area contributed by atoms with E-state index in [2.05, 4.69) is 38.3 Å². The zero-order chi connectivity index (χ0) is 14.6. The second-order valence-corrected chi connectivity index (χ2v) is 7.58. The quantitative estimate of drug-likeness (QED) is 0.426. The zero-order valence-corrected chi connectivity index (χ0v) is 16.3. The largest absolute Gasteiger partial charge is 0.380 e. The number of aliphatic imine (C=N–C) groups is 1. The maximum absolute atomic E-state index is 5.29. The van der Waals surface area contributed by atoms with Crippen LogP contribution in [0.2, 0.25) is 0 Å². The average molecular weight is 409 g/mol. The van der Waals surface area contributed by atoms with Gasteiger partial charge in [0.05, 0.1) is 19.8 Å². The number of guanidine groups is 1. The number of nitrogens with one attached hydrogen (secondary N) is 2. The smallest absolute Gasteiger partial charge is 0.191 e. The SMILES string of the molecule is CCNC(=NCC1(C)COC1)NC1CCC(C)(C)CC1.I. The van der Waals surface area contributed by atoms with Gasteiger partial charge in [-0.15, -0.1) is 24.0 Å². The second kappa shape index (κ2) is 7.99. The van der Waals surface area contributed by atoms with Crippen LogP contribution in [0.25, 0.3) is 0 Å². The average Bonchev–Trinajstić information content (AvgIpc) is 2.36. The summed E-state index contributed by atoms with van der Waals surface area (Å²) in [5.74, 6) is 0.977. The molecular weight excluding hydrogens is 377 g/mol. The van der Waals surface area contributed by atoms with Gasteiger partial charge in [-0.05, 0) is 38.0 Å². The molecule has 0 atom stereocenters. The highest BCUT2D eigenvalue weighted by atomic mass is 127. The van der Waals surface area contributed by atoms with Gasteiger partial charge in [0.2, 0.25) is 0 Å². The lowest BCUT2D eigenvalue weighted by Crippen LogP contribution is -2.47. The molecule has 0 bridgehead atoms. The van der Waals surface area contributed by atoms with Gasteiger partial charge < -0.3 is 15.4 Å². The summed E-state index contributed by atoms with van der Waals surface area (Å²) in [5, 5.41) is 6.98. The van der Waals surface area contributed by atoms with Crippen LogP contribution in [0.1, 0.15) is 53.4 Å². The van der Waals surface area contributed by atoms with Crippen molar-refractivity contribution < 1.29 is 4.74 Å². The van der Waals surface area contributed by atoms with E-state index in [-0.39, 0.29) is 29.4 Å². The van der Waals surface area contributed by atoms with Gasteiger partial charge in [0, 0.05) is 18.0 Å². The summed E-state index contributed by atoms with van der Waals surface area (Å²) in [6.07, 6.45) is 5.10. The molecule has 2 rings (SSSR count). The molecule has 2 fully saturated rings. The molecule has 0 spiro atoms. The monoisotopic (exact) mass is 409 g/mol. The Balaban J connectivity index is 0.00000220. The zero-order valence-electron chi connectivity index (χ0n) is 14.0. The van der Waals surface area contributed by atoms with Crippen molar-refractivity contribution in [3.8, 4) is 0 Å². The van der Waals surface area contributed by atoms with Crippen molar-refractivity contribution in [1.82, 2.24) is 10.6 Å². The lowest BCUT2D eigenvalue weighted by Gasteiger charge is -2.37. The minimum Gasteiger partial charge on any atom is -0.380 e. The molecule has 1 heterocycles. The van der Waals surface area contributed by atoms with Crippen LogP contribution in [-0.4, -0.2) is 38.3 Å². The van der Waals surface area contributed by atoms with Crippen LogP contribution < -0.4 is 10.6 Å². The standard InChI is InChI=1S/C16H31N3O.HI/c1-5-17-14(18-10-16(4)11-20-12-16)19-13-6-8-15(2,3)9-7-13;/h13H,5-12H2,1-4H3,(H2,17,18,19);1H. The number of ether oxygens (including phenoxy) is 1. The third kappa shape index (κ3) is 5.93. The highest BCUT2D eigenvalue weighted by Crippen LogP contribution is 2.35. The van der Waals surface area contributed by atoms with E-state index in [1.54, 1.807) is 0 Å². The summed E-state index contributed by atoms with van der Waals surface area (Å²) in [4.78, 5) is 4.75. The Morgan fingerprint density at radius 2 is 1.81 bits per heavy atom. The molecule has 0 unspecified atom stereocenters. The van der Waals surface area contributed by atoms with Crippen molar-refractivity contribution in [1.29, 1.82) is 0 Å². The highest BCUT2D eigenvalue weighted by Gasteiger charge is 2.33. The highest BCUT2D eigenvalue weighted by molar-refractivity contribution is 14.0. The maximum atomic E-state index is 5.29. The molecule has 124 valence electrons. The van der Waals surface area contributed by atoms with Gasteiger partial charge in [0.15, 0.2) is 5.96 Å². The van der Waals surface area contributed by atoms with Crippen LogP contribution >= 0.6 is 24.0 Å². The van der Waals surface area contributed by atoms with Gasteiger partial charge in [0.1, 0.15) is 0 Å². The topological polar surface area (TPSA) is 45.7 Å². The number of hydrogen-bond donors (Lipinski definition) is 2. The van der Waals surface area contributed by atoms with Crippen molar-refractivity contribution in [3.05, 3.63) is 0 Å². The van der Waals surface area contributed by atoms with E-state index in [0.717, 1.165) is 32.3 Å². The van der Waals surface area contributed by atoms with Crippen molar-refractivity contribution in [2.75, 3.05) is 26.3 Å². The molecule has 4 nitrogen and oxygen atoms in total. The molecule has 0 aromatic rings. The molecule has 5 heteroatoms. The van der Waals surface area contributed by atoms with E-state index in [0.29, 0.717) is 11.5 Å². The molecule has 1 aliphatic heterocycles. The minimum absolute atomic E-state index is 0. The normalized spacial score (nSPS) is 24.7. The Kier molecular flexibility index (Phi) is 7.24. The Morgan fingerprint density at radius 3 is 2.29 bits per heavy atom. The second-order valence-electron chi connectivity index (χ2n) is 7.58. The maximum Gasteiger partial charge on any atom is 0.191 e. The fraction of sp³-hybridized carbons (Fsp3) is 0.938. The van der Waals surface area contributed by atoms with Crippen LogP contribution in [0.15, 0.2) is 4.99 Å². The van der Waals surface area contributed by atoms with Crippen LogP contribution in [-0.2, 0) is 4.74 Å². The molecule has 0 aromatic carbocycles. The van der Waals surface area contributed by atoms with Gasteiger partial charge in [0.25, 0.3) is 0 Å². The summed E-state index contributed by atoms with van der Waals surface area (Å²) < 4.78 is 5.29. The summed E-state index contributed by atoms with van der Waals surface area (Å²) in [7, 11) is 0. The summed E-state index contributed by atoms with van der Waals surface area (Å²) >= 11 is 0. The van der Waals surface area contributed by atoms with Gasteiger partial charge >= 0.3 is 0 Å². The van der Waals surface area contributed by atoms with Crippen molar-refractivity contribution in [2.45, 2.75) is 59.4 Å². The minimum atomic E-state index is 0. The van der Waals surface area contributed by atoms with Gasteiger partial charge in [-0.2, -0.15) is 0 Å². The molecule has 1 saturated heterocycles. The first-order valence-electron chi connectivity index (χ1n) is 8.05. The van der Waals surface area contributed by atoms with E-state index in [9.17, 15) is 0 Å². The van der Waals surface area contributed by atoms with Crippen LogP contribution in [0.5, 0.6) is 0 Å². The molecule has 0 aromatic heterocycles. The first-order valence-corrected chi connectivity index (χ1v) is 8.05.